The number of carbonyl (C=O) groups excluding carboxylic acids is 2. The monoisotopic (exact) mass is 748 g/mol. The topological polar surface area (TPSA) is 185 Å². The third-order valence-electron chi connectivity index (χ3n) is 8.24. The van der Waals surface area contributed by atoms with Gasteiger partial charge in [0.15, 0.2) is 17.0 Å². The van der Waals surface area contributed by atoms with E-state index in [1.54, 1.807) is 17.0 Å². The SMILES string of the molecule is C=CCNc1nc(N)nc2c1ncn2CCOCP(=O)(NC(Cc1ccccc1)C(=O)OCCCC)NC(Cc1ccccc1)C(=O)OCCCCC. The zero-order valence-electron chi connectivity index (χ0n) is 30.7. The Labute approximate surface area is 311 Å². The number of rotatable bonds is 25. The lowest BCUT2D eigenvalue weighted by atomic mass is 10.1. The second kappa shape index (κ2) is 21.8. The predicted octanol–water partition coefficient (Wildman–Crippen LogP) is 5.65. The highest BCUT2D eigenvalue weighted by atomic mass is 31.2. The van der Waals surface area contributed by atoms with Crippen LogP contribution in [0.2, 0.25) is 0 Å². The summed E-state index contributed by atoms with van der Waals surface area (Å²) >= 11 is 0. The van der Waals surface area contributed by atoms with Gasteiger partial charge < -0.3 is 29.8 Å². The van der Waals surface area contributed by atoms with Gasteiger partial charge in [-0.15, -0.1) is 6.58 Å². The van der Waals surface area contributed by atoms with Crippen LogP contribution in [-0.4, -0.2) is 76.3 Å². The number of esters is 2. The fourth-order valence-corrected chi connectivity index (χ4v) is 7.50. The van der Waals surface area contributed by atoms with E-state index < -0.39 is 31.5 Å². The Morgan fingerprint density at radius 2 is 1.45 bits per heavy atom. The molecule has 0 aliphatic rings. The molecule has 15 heteroatoms. The minimum Gasteiger partial charge on any atom is -0.465 e. The molecule has 2 heterocycles. The molecule has 2 aromatic heterocycles. The first-order chi connectivity index (χ1) is 25.7. The van der Waals surface area contributed by atoms with Crippen molar-refractivity contribution in [1.29, 1.82) is 0 Å². The fourth-order valence-electron chi connectivity index (χ4n) is 5.49. The Kier molecular flexibility index (Phi) is 16.9. The van der Waals surface area contributed by atoms with Gasteiger partial charge in [-0.2, -0.15) is 9.97 Å². The lowest BCUT2D eigenvalue weighted by Gasteiger charge is -2.29. The van der Waals surface area contributed by atoms with Gasteiger partial charge in [0, 0.05) is 13.1 Å². The molecule has 4 aromatic rings. The molecule has 286 valence electrons. The summed E-state index contributed by atoms with van der Waals surface area (Å²) < 4.78 is 34.2. The van der Waals surface area contributed by atoms with Crippen molar-refractivity contribution in [2.24, 2.45) is 0 Å². The first-order valence-corrected chi connectivity index (χ1v) is 20.1. The van der Waals surface area contributed by atoms with Gasteiger partial charge in [0.05, 0.1) is 26.1 Å². The number of hydrogen-bond donors (Lipinski definition) is 4. The number of nitrogens with one attached hydrogen (secondary N) is 3. The van der Waals surface area contributed by atoms with Crippen LogP contribution in [-0.2, 0) is 47.8 Å². The largest absolute Gasteiger partial charge is 0.465 e. The summed E-state index contributed by atoms with van der Waals surface area (Å²) in [5.74, 6) is -0.536. The summed E-state index contributed by atoms with van der Waals surface area (Å²) in [6.45, 7) is 9.11. The average Bonchev–Trinajstić information content (AvgIpc) is 3.57. The Morgan fingerprint density at radius 1 is 0.868 bits per heavy atom. The molecule has 14 nitrogen and oxygen atoms in total. The molecule has 0 saturated carbocycles. The molecule has 4 rings (SSSR count). The summed E-state index contributed by atoms with van der Waals surface area (Å²) in [6.07, 6.45) is 7.48. The van der Waals surface area contributed by atoms with Crippen LogP contribution in [0.5, 0.6) is 0 Å². The lowest BCUT2D eigenvalue weighted by molar-refractivity contribution is -0.146. The highest BCUT2D eigenvalue weighted by molar-refractivity contribution is 7.59. The molecular weight excluding hydrogens is 695 g/mol. The number of nitrogens with two attached hydrogens (primary N) is 1. The van der Waals surface area contributed by atoms with Gasteiger partial charge in [0.2, 0.25) is 13.4 Å². The molecule has 2 aromatic carbocycles. The summed E-state index contributed by atoms with van der Waals surface area (Å²) in [7, 11) is -3.89. The van der Waals surface area contributed by atoms with Gasteiger partial charge in [-0.1, -0.05) is 99.8 Å². The van der Waals surface area contributed by atoms with Crippen LogP contribution in [0.25, 0.3) is 11.2 Å². The van der Waals surface area contributed by atoms with E-state index in [1.807, 2.05) is 67.6 Å². The Morgan fingerprint density at radius 3 is 2.02 bits per heavy atom. The molecule has 0 aliphatic carbocycles. The zero-order valence-corrected chi connectivity index (χ0v) is 31.6. The second-order valence-electron chi connectivity index (χ2n) is 12.6. The normalized spacial score (nSPS) is 13.5. The van der Waals surface area contributed by atoms with Crippen molar-refractivity contribution in [3.05, 3.63) is 90.8 Å². The molecule has 5 N–H and O–H groups in total. The first-order valence-electron chi connectivity index (χ1n) is 18.2. The van der Waals surface area contributed by atoms with Gasteiger partial charge in [-0.05, 0) is 36.8 Å². The molecule has 53 heavy (non-hydrogen) atoms. The summed E-state index contributed by atoms with van der Waals surface area (Å²) in [6, 6.07) is 16.8. The van der Waals surface area contributed by atoms with Gasteiger partial charge in [-0.3, -0.25) is 14.2 Å². The molecule has 0 radical (unpaired) electrons. The van der Waals surface area contributed by atoms with E-state index in [0.29, 0.717) is 36.4 Å². The predicted molar refractivity (Wildman–Crippen MR) is 207 cm³/mol. The highest BCUT2D eigenvalue weighted by Crippen LogP contribution is 2.39. The van der Waals surface area contributed by atoms with Gasteiger partial charge in [0.1, 0.15) is 18.4 Å². The molecule has 0 bridgehead atoms. The van der Waals surface area contributed by atoms with E-state index >= 15 is 4.57 Å². The number of ether oxygens (including phenoxy) is 3. The molecule has 3 atom stereocenters. The van der Waals surface area contributed by atoms with E-state index in [1.165, 1.54) is 0 Å². The van der Waals surface area contributed by atoms with E-state index in [2.05, 4.69) is 43.9 Å². The van der Waals surface area contributed by atoms with E-state index in [-0.39, 0.29) is 51.5 Å². The number of unbranched alkanes of at least 4 members (excludes halogenated alkanes) is 3. The lowest BCUT2D eigenvalue weighted by Crippen LogP contribution is -2.46. The maximum Gasteiger partial charge on any atom is 0.323 e. The van der Waals surface area contributed by atoms with Crippen LogP contribution in [0.1, 0.15) is 57.1 Å². The minimum absolute atomic E-state index is 0.0750. The zero-order chi connectivity index (χ0) is 37.9. The van der Waals surface area contributed by atoms with E-state index in [0.717, 1.165) is 30.4 Å². The standard InChI is InChI=1S/C38H53N8O6P/c1-4-7-15-23-52-37(48)32(26-30-18-13-10-14-19-30)45-53(49,44-31(36(47)51-22-8-5-2)25-29-16-11-9-12-17-29)28-50-24-21-46-27-41-33-34(40-20-6-3)42-38(39)43-35(33)46/h6,9-14,16-19,27,31-32H,3-5,7-8,15,20-26,28H2,1-2H3,(H2,44,45,49)(H3,39,40,42,43). The first kappa shape index (κ1) is 41.1. The maximum atomic E-state index is 15.1. The fraction of sp³-hybridized carbons (Fsp3) is 0.447. The summed E-state index contributed by atoms with van der Waals surface area (Å²) in [5, 5.41) is 9.27. The Balaban J connectivity index is 1.59. The van der Waals surface area contributed by atoms with Crippen molar-refractivity contribution in [1.82, 2.24) is 29.7 Å². The Hall–Kier alpha value is -4.62. The average molecular weight is 749 g/mol. The number of imidazole rings is 1. The summed E-state index contributed by atoms with van der Waals surface area (Å²) in [5.41, 5.74) is 8.70. The number of nitrogen functional groups attached to an aromatic ring is 1. The van der Waals surface area contributed by atoms with Crippen molar-refractivity contribution in [3.8, 4) is 0 Å². The summed E-state index contributed by atoms with van der Waals surface area (Å²) in [4.78, 5) is 40.2. The van der Waals surface area contributed by atoms with Crippen molar-refractivity contribution in [2.45, 2.75) is 77.4 Å². The van der Waals surface area contributed by atoms with E-state index in [9.17, 15) is 9.59 Å². The maximum absolute atomic E-state index is 15.1. The third-order valence-corrected chi connectivity index (χ3v) is 10.2. The minimum atomic E-state index is -3.89. The van der Waals surface area contributed by atoms with E-state index in [4.69, 9.17) is 19.9 Å². The molecular formula is C38H53N8O6P. The van der Waals surface area contributed by atoms with Crippen LogP contribution in [0, 0.1) is 0 Å². The third kappa shape index (κ3) is 13.4. The van der Waals surface area contributed by atoms with Crippen molar-refractivity contribution in [2.75, 3.05) is 43.8 Å². The van der Waals surface area contributed by atoms with Gasteiger partial charge >= 0.3 is 11.9 Å². The molecule has 0 amide bonds. The van der Waals surface area contributed by atoms with Gasteiger partial charge in [-0.25, -0.2) is 15.2 Å². The highest BCUT2D eigenvalue weighted by Gasteiger charge is 2.36. The van der Waals surface area contributed by atoms with Crippen molar-refractivity contribution in [3.63, 3.8) is 0 Å². The number of hydrogen-bond acceptors (Lipinski definition) is 11. The number of fused-ring (bicyclic) bond motifs is 1. The molecule has 0 fully saturated rings. The van der Waals surface area contributed by atoms with Gasteiger partial charge in [0.25, 0.3) is 0 Å². The number of nitrogens with zero attached hydrogens (tertiary/aromatic N) is 4. The number of benzene rings is 2. The van der Waals surface area contributed by atoms with Crippen molar-refractivity contribution >= 4 is 42.3 Å². The molecule has 0 saturated heterocycles. The van der Waals surface area contributed by atoms with Crippen LogP contribution in [0.3, 0.4) is 0 Å². The number of carbonyl (C=O) groups is 2. The smallest absolute Gasteiger partial charge is 0.323 e. The second-order valence-corrected chi connectivity index (χ2v) is 14.9. The van der Waals surface area contributed by atoms with Crippen LogP contribution in [0.15, 0.2) is 79.6 Å². The van der Waals surface area contributed by atoms with Crippen LogP contribution >= 0.6 is 7.44 Å². The van der Waals surface area contributed by atoms with Crippen LogP contribution in [0.4, 0.5) is 11.8 Å². The number of aromatic nitrogens is 4. The quantitative estimate of drug-likeness (QED) is 0.0282. The molecule has 0 spiro atoms. The number of anilines is 2. The Bertz CT molecular complexity index is 1770. The molecule has 3 unspecified atom stereocenters. The van der Waals surface area contributed by atoms with Crippen LogP contribution < -0.4 is 21.2 Å². The molecule has 0 aliphatic heterocycles. The van der Waals surface area contributed by atoms with Crippen molar-refractivity contribution < 1.29 is 28.4 Å².